The molecule has 1 aromatic heterocycles. The number of nitrogens with zero attached hydrogens (tertiary/aromatic N) is 1. The van der Waals surface area contributed by atoms with E-state index in [1.807, 2.05) is 0 Å². The Hall–Kier alpha value is -1.32. The lowest BCUT2D eigenvalue weighted by atomic mass is 9.87. The molecule has 22 heavy (non-hydrogen) atoms. The van der Waals surface area contributed by atoms with Crippen molar-refractivity contribution in [2.45, 2.75) is 44.9 Å². The number of hydrogen-bond acceptors (Lipinski definition) is 2. The van der Waals surface area contributed by atoms with E-state index in [0.29, 0.717) is 12.5 Å². The van der Waals surface area contributed by atoms with Gasteiger partial charge in [-0.2, -0.15) is 0 Å². The van der Waals surface area contributed by atoms with Crippen LogP contribution in [0.1, 0.15) is 49.3 Å². The zero-order chi connectivity index (χ0) is 15.4. The molecular formula is C19H28N2O. The van der Waals surface area contributed by atoms with Crippen molar-refractivity contribution in [2.24, 2.45) is 0 Å². The molecule has 120 valence electrons. The van der Waals surface area contributed by atoms with Crippen LogP contribution in [0.2, 0.25) is 0 Å². The fraction of sp³-hybridized carbons (Fsp3) is 0.579. The number of aliphatic hydroxyl groups is 1. The molecule has 1 saturated heterocycles. The third-order valence-corrected chi connectivity index (χ3v) is 5.07. The summed E-state index contributed by atoms with van der Waals surface area (Å²) in [4.78, 5) is 6.14. The number of aromatic nitrogens is 1. The Morgan fingerprint density at radius 3 is 2.68 bits per heavy atom. The van der Waals surface area contributed by atoms with Crippen molar-refractivity contribution in [3.05, 3.63) is 35.5 Å². The molecule has 2 aromatic rings. The number of aliphatic hydroxyl groups excluding tert-OH is 1. The highest BCUT2D eigenvalue weighted by atomic mass is 16.2. The third kappa shape index (κ3) is 3.36. The number of nitrogens with one attached hydrogen (secondary N) is 1. The third-order valence-electron chi connectivity index (χ3n) is 5.07. The molecule has 0 saturated carbocycles. The van der Waals surface area contributed by atoms with Crippen molar-refractivity contribution in [3.63, 3.8) is 0 Å². The zero-order valence-corrected chi connectivity index (χ0v) is 13.6. The van der Waals surface area contributed by atoms with Gasteiger partial charge in [0.05, 0.1) is 0 Å². The first-order chi connectivity index (χ1) is 10.8. The van der Waals surface area contributed by atoms with E-state index in [2.05, 4.69) is 41.1 Å². The van der Waals surface area contributed by atoms with Gasteiger partial charge in [0.25, 0.3) is 0 Å². The topological polar surface area (TPSA) is 39.3 Å². The van der Waals surface area contributed by atoms with Crippen molar-refractivity contribution in [1.29, 1.82) is 0 Å². The lowest BCUT2D eigenvalue weighted by Crippen LogP contribution is -2.33. The largest absolute Gasteiger partial charge is 0.396 e. The van der Waals surface area contributed by atoms with Gasteiger partial charge in [-0.3, -0.25) is 0 Å². The molecule has 2 N–H and O–H groups in total. The molecule has 0 spiro atoms. The van der Waals surface area contributed by atoms with Gasteiger partial charge in [0.2, 0.25) is 0 Å². The number of aromatic amines is 1. The molecule has 0 amide bonds. The number of unbranched alkanes of at least 4 members (excludes halogenated alkanes) is 2. The molecule has 1 aromatic carbocycles. The smallest absolute Gasteiger partial charge is 0.0458 e. The molecule has 0 unspecified atom stereocenters. The molecule has 0 atom stereocenters. The zero-order valence-electron chi connectivity index (χ0n) is 13.6. The van der Waals surface area contributed by atoms with E-state index in [-0.39, 0.29) is 0 Å². The number of benzene rings is 1. The number of hydrogen-bond donors (Lipinski definition) is 2. The first-order valence-corrected chi connectivity index (χ1v) is 8.70. The first kappa shape index (κ1) is 15.6. The van der Waals surface area contributed by atoms with Gasteiger partial charge in [-0.1, -0.05) is 18.2 Å². The number of piperidine rings is 1. The monoisotopic (exact) mass is 300 g/mol. The number of aryl methyl sites for hydroxylation is 1. The molecule has 3 rings (SSSR count). The van der Waals surface area contributed by atoms with Crippen molar-refractivity contribution in [1.82, 2.24) is 9.88 Å². The second kappa shape index (κ2) is 7.30. The van der Waals surface area contributed by atoms with Crippen LogP contribution in [-0.2, 0) is 0 Å². The van der Waals surface area contributed by atoms with Gasteiger partial charge < -0.3 is 15.0 Å². The molecule has 1 fully saturated rings. The molecule has 1 aliphatic rings. The summed E-state index contributed by atoms with van der Waals surface area (Å²) in [5.74, 6) is 0.699. The fourth-order valence-electron chi connectivity index (χ4n) is 3.89. The average Bonchev–Trinajstić information content (AvgIpc) is 2.88. The van der Waals surface area contributed by atoms with Crippen LogP contribution in [0.4, 0.5) is 0 Å². The summed E-state index contributed by atoms with van der Waals surface area (Å²) in [5.41, 5.74) is 4.18. The fourth-order valence-corrected chi connectivity index (χ4v) is 3.89. The summed E-state index contributed by atoms with van der Waals surface area (Å²) in [5, 5.41) is 10.3. The molecule has 1 aliphatic heterocycles. The maximum absolute atomic E-state index is 8.84. The van der Waals surface area contributed by atoms with E-state index in [4.69, 9.17) is 5.11 Å². The summed E-state index contributed by atoms with van der Waals surface area (Å²) in [6, 6.07) is 8.70. The Bertz CT molecular complexity index is 597. The average molecular weight is 300 g/mol. The molecular weight excluding hydrogens is 272 g/mol. The van der Waals surface area contributed by atoms with Gasteiger partial charge in [-0.25, -0.2) is 0 Å². The molecule has 3 heteroatoms. The minimum atomic E-state index is 0.335. The SMILES string of the molecule is Cc1[nH]c2ccccc2c1C1CCN(CCCCCO)CC1. The number of fused-ring (bicyclic) bond motifs is 1. The van der Waals surface area contributed by atoms with Crippen LogP contribution in [0.15, 0.2) is 24.3 Å². The standard InChI is InChI=1S/C19H28N2O/c1-15-19(17-7-3-4-8-18(17)20-15)16-9-12-21(13-10-16)11-5-2-6-14-22/h3-4,7-8,16,20,22H,2,5-6,9-14H2,1H3. The van der Waals surface area contributed by atoms with E-state index in [1.54, 1.807) is 5.56 Å². The molecule has 0 aliphatic carbocycles. The normalized spacial score (nSPS) is 17.4. The Balaban J connectivity index is 1.60. The molecule has 0 radical (unpaired) electrons. The Morgan fingerprint density at radius 1 is 1.14 bits per heavy atom. The highest BCUT2D eigenvalue weighted by molar-refractivity contribution is 5.85. The second-order valence-electron chi connectivity index (χ2n) is 6.61. The van der Waals surface area contributed by atoms with Crippen LogP contribution in [0, 0.1) is 6.92 Å². The van der Waals surface area contributed by atoms with Crippen LogP contribution in [0.5, 0.6) is 0 Å². The summed E-state index contributed by atoms with van der Waals surface area (Å²) in [7, 11) is 0. The minimum absolute atomic E-state index is 0.335. The van der Waals surface area contributed by atoms with Gasteiger partial charge in [0, 0.05) is 23.2 Å². The van der Waals surface area contributed by atoms with Crippen molar-refractivity contribution in [3.8, 4) is 0 Å². The summed E-state index contributed by atoms with van der Waals surface area (Å²) < 4.78 is 0. The summed E-state index contributed by atoms with van der Waals surface area (Å²) in [6.07, 6.45) is 5.85. The molecule has 0 bridgehead atoms. The summed E-state index contributed by atoms with van der Waals surface area (Å²) in [6.45, 7) is 6.17. The number of likely N-dealkylation sites (tertiary alicyclic amines) is 1. The van der Waals surface area contributed by atoms with Gasteiger partial charge in [-0.05, 0) is 76.2 Å². The Kier molecular flexibility index (Phi) is 5.16. The van der Waals surface area contributed by atoms with Crippen LogP contribution in [0.3, 0.4) is 0 Å². The van der Waals surface area contributed by atoms with Crippen LogP contribution in [0.25, 0.3) is 10.9 Å². The van der Waals surface area contributed by atoms with Crippen molar-refractivity contribution < 1.29 is 5.11 Å². The van der Waals surface area contributed by atoms with Crippen LogP contribution >= 0.6 is 0 Å². The van der Waals surface area contributed by atoms with Crippen LogP contribution < -0.4 is 0 Å². The van der Waals surface area contributed by atoms with Crippen molar-refractivity contribution in [2.75, 3.05) is 26.2 Å². The highest BCUT2D eigenvalue weighted by Gasteiger charge is 2.24. The number of para-hydroxylation sites is 1. The van der Waals surface area contributed by atoms with E-state index in [9.17, 15) is 0 Å². The van der Waals surface area contributed by atoms with Gasteiger partial charge in [0.1, 0.15) is 0 Å². The number of rotatable bonds is 6. The quantitative estimate of drug-likeness (QED) is 0.796. The lowest BCUT2D eigenvalue weighted by Gasteiger charge is -2.32. The Labute approximate surface area is 133 Å². The predicted molar refractivity (Wildman–Crippen MR) is 92.4 cm³/mol. The second-order valence-corrected chi connectivity index (χ2v) is 6.61. The van der Waals surface area contributed by atoms with Gasteiger partial charge in [0.15, 0.2) is 0 Å². The van der Waals surface area contributed by atoms with Crippen LogP contribution in [-0.4, -0.2) is 41.2 Å². The predicted octanol–water partition coefficient (Wildman–Crippen LogP) is 3.82. The summed E-state index contributed by atoms with van der Waals surface area (Å²) >= 11 is 0. The lowest BCUT2D eigenvalue weighted by molar-refractivity contribution is 0.205. The van der Waals surface area contributed by atoms with Gasteiger partial charge >= 0.3 is 0 Å². The van der Waals surface area contributed by atoms with E-state index in [1.165, 1.54) is 55.5 Å². The first-order valence-electron chi connectivity index (χ1n) is 8.70. The molecule has 2 heterocycles. The minimum Gasteiger partial charge on any atom is -0.396 e. The maximum Gasteiger partial charge on any atom is 0.0458 e. The maximum atomic E-state index is 8.84. The van der Waals surface area contributed by atoms with E-state index < -0.39 is 0 Å². The Morgan fingerprint density at radius 2 is 1.91 bits per heavy atom. The van der Waals surface area contributed by atoms with Gasteiger partial charge in [-0.15, -0.1) is 0 Å². The van der Waals surface area contributed by atoms with E-state index in [0.717, 1.165) is 12.8 Å². The number of H-pyrrole nitrogens is 1. The van der Waals surface area contributed by atoms with E-state index >= 15 is 0 Å². The highest BCUT2D eigenvalue weighted by Crippen LogP contribution is 2.35. The van der Waals surface area contributed by atoms with Crippen molar-refractivity contribution >= 4 is 10.9 Å². The molecule has 3 nitrogen and oxygen atoms in total.